The second kappa shape index (κ2) is 8.25. The van der Waals surface area contributed by atoms with Crippen LogP contribution < -0.4 is 5.32 Å². The Kier molecular flexibility index (Phi) is 5.28. The summed E-state index contributed by atoms with van der Waals surface area (Å²) >= 11 is 0. The molecule has 0 saturated heterocycles. The van der Waals surface area contributed by atoms with Crippen LogP contribution in [0.3, 0.4) is 0 Å². The molecule has 0 amide bonds. The third kappa shape index (κ3) is 4.17. The van der Waals surface area contributed by atoms with Crippen molar-refractivity contribution in [1.82, 2.24) is 34.3 Å². The zero-order chi connectivity index (χ0) is 22.2. The molecule has 0 atom stereocenters. The molecule has 10 heteroatoms. The maximum atomic E-state index is 13.4. The molecule has 8 nitrogen and oxygen atoms in total. The van der Waals surface area contributed by atoms with Crippen LogP contribution in [0.5, 0.6) is 0 Å². The smallest absolute Gasteiger partial charge is 0.295 e. The van der Waals surface area contributed by atoms with E-state index in [2.05, 4.69) is 30.4 Å². The summed E-state index contributed by atoms with van der Waals surface area (Å²) in [5.41, 5.74) is 1.87. The number of hydrogen-bond acceptors (Lipinski definition) is 6. The fourth-order valence-electron chi connectivity index (χ4n) is 3.80. The summed E-state index contributed by atoms with van der Waals surface area (Å²) < 4.78 is 30.3. The summed E-state index contributed by atoms with van der Waals surface area (Å²) in [7, 11) is 0. The summed E-state index contributed by atoms with van der Waals surface area (Å²) in [4.78, 5) is 17.3. The van der Waals surface area contributed by atoms with Gasteiger partial charge in [-0.15, -0.1) is 0 Å². The molecule has 1 saturated carbocycles. The standard InChI is InChI=1S/C22H24F2N8/c1-13(2)32-17-9-19(26-11-16(17)28-22(32)20(23)24)29-18-5-7-25-21(30-18)15-10-27-31(12-15)8-6-14-3-4-14/h5,7,9-14,20H,3-4,6,8H2,1-2H3,(H,25,26,29,30). The van der Waals surface area contributed by atoms with Gasteiger partial charge in [-0.25, -0.2) is 28.7 Å². The molecular weight excluding hydrogens is 414 g/mol. The SMILES string of the molecule is CC(C)n1c(C(F)F)nc2cnc(Nc3ccnc(-c4cnn(CCC5CC5)c4)n3)cc21. The van der Waals surface area contributed by atoms with Crippen LogP contribution in [0.1, 0.15) is 51.4 Å². The molecule has 1 aliphatic carbocycles. The van der Waals surface area contributed by atoms with Crippen LogP contribution in [0, 0.1) is 5.92 Å². The van der Waals surface area contributed by atoms with E-state index in [1.807, 2.05) is 24.7 Å². The predicted molar refractivity (Wildman–Crippen MR) is 117 cm³/mol. The van der Waals surface area contributed by atoms with Crippen molar-refractivity contribution >= 4 is 22.7 Å². The largest absolute Gasteiger partial charge is 0.325 e. The Hall–Kier alpha value is -3.43. The van der Waals surface area contributed by atoms with Crippen molar-refractivity contribution in [2.45, 2.75) is 52.1 Å². The average Bonchev–Trinajstić information content (AvgIpc) is 3.33. The molecule has 0 spiro atoms. The van der Waals surface area contributed by atoms with Gasteiger partial charge in [-0.05, 0) is 32.3 Å². The number of nitrogens with zero attached hydrogens (tertiary/aromatic N) is 7. The Morgan fingerprint density at radius 3 is 2.72 bits per heavy atom. The van der Waals surface area contributed by atoms with E-state index in [0.717, 1.165) is 24.4 Å². The zero-order valence-corrected chi connectivity index (χ0v) is 17.9. The van der Waals surface area contributed by atoms with Crippen molar-refractivity contribution in [2.24, 2.45) is 5.92 Å². The van der Waals surface area contributed by atoms with E-state index in [1.165, 1.54) is 23.6 Å². The molecule has 1 fully saturated rings. The van der Waals surface area contributed by atoms with Gasteiger partial charge in [0.1, 0.15) is 17.2 Å². The Balaban J connectivity index is 1.39. The monoisotopic (exact) mass is 438 g/mol. The molecule has 0 aliphatic heterocycles. The van der Waals surface area contributed by atoms with Crippen molar-refractivity contribution in [1.29, 1.82) is 0 Å². The number of nitrogens with one attached hydrogen (secondary N) is 1. The van der Waals surface area contributed by atoms with Crippen molar-refractivity contribution in [3.63, 3.8) is 0 Å². The third-order valence-electron chi connectivity index (χ3n) is 5.58. The van der Waals surface area contributed by atoms with Crippen molar-refractivity contribution in [3.8, 4) is 11.4 Å². The van der Waals surface area contributed by atoms with Crippen LogP contribution in [0.4, 0.5) is 20.4 Å². The van der Waals surface area contributed by atoms with E-state index < -0.39 is 6.43 Å². The number of aromatic nitrogens is 7. The first kappa shape index (κ1) is 20.5. The normalized spacial score (nSPS) is 14.1. The highest BCUT2D eigenvalue weighted by molar-refractivity contribution is 5.79. The lowest BCUT2D eigenvalue weighted by Gasteiger charge is -2.13. The van der Waals surface area contributed by atoms with Gasteiger partial charge in [-0.1, -0.05) is 12.8 Å². The number of alkyl halides is 2. The first-order valence-electron chi connectivity index (χ1n) is 10.8. The van der Waals surface area contributed by atoms with E-state index >= 15 is 0 Å². The molecule has 0 aromatic carbocycles. The maximum Gasteiger partial charge on any atom is 0.295 e. The number of imidazole rings is 1. The van der Waals surface area contributed by atoms with Gasteiger partial charge in [0.15, 0.2) is 11.6 Å². The van der Waals surface area contributed by atoms with Crippen molar-refractivity contribution in [3.05, 3.63) is 42.7 Å². The van der Waals surface area contributed by atoms with E-state index in [9.17, 15) is 8.78 Å². The van der Waals surface area contributed by atoms with Crippen molar-refractivity contribution in [2.75, 3.05) is 5.32 Å². The number of rotatable bonds is 8. The van der Waals surface area contributed by atoms with Crippen LogP contribution >= 0.6 is 0 Å². The summed E-state index contributed by atoms with van der Waals surface area (Å²) in [5.74, 6) is 2.19. The van der Waals surface area contributed by atoms with Gasteiger partial charge in [-0.2, -0.15) is 5.10 Å². The zero-order valence-electron chi connectivity index (χ0n) is 17.9. The molecule has 4 aromatic heterocycles. The second-order valence-electron chi connectivity index (χ2n) is 8.41. The Morgan fingerprint density at radius 1 is 1.12 bits per heavy atom. The Morgan fingerprint density at radius 2 is 1.97 bits per heavy atom. The molecule has 4 heterocycles. The number of pyridine rings is 1. The molecular formula is C22H24F2N8. The summed E-state index contributed by atoms with van der Waals surface area (Å²) in [6.07, 6.45) is 8.03. The van der Waals surface area contributed by atoms with Crippen molar-refractivity contribution < 1.29 is 8.78 Å². The lowest BCUT2D eigenvalue weighted by atomic mass is 10.3. The Labute approximate surface area is 183 Å². The number of aryl methyl sites for hydroxylation is 1. The number of fused-ring (bicyclic) bond motifs is 1. The summed E-state index contributed by atoms with van der Waals surface area (Å²) in [5, 5.41) is 7.56. The van der Waals surface area contributed by atoms with Gasteiger partial charge >= 0.3 is 0 Å². The van der Waals surface area contributed by atoms with Gasteiger partial charge < -0.3 is 9.88 Å². The average molecular weight is 438 g/mol. The Bertz CT molecular complexity index is 1240. The highest BCUT2D eigenvalue weighted by atomic mass is 19.3. The van der Waals surface area contributed by atoms with Gasteiger partial charge in [0.05, 0.1) is 23.5 Å². The number of hydrogen-bond donors (Lipinski definition) is 1. The van der Waals surface area contributed by atoms with Crippen LogP contribution in [0.15, 0.2) is 36.9 Å². The molecule has 5 rings (SSSR count). The second-order valence-corrected chi connectivity index (χ2v) is 8.41. The molecule has 32 heavy (non-hydrogen) atoms. The van der Waals surface area contributed by atoms with Crippen LogP contribution in [-0.2, 0) is 6.54 Å². The van der Waals surface area contributed by atoms with Crippen LogP contribution in [0.25, 0.3) is 22.4 Å². The van der Waals surface area contributed by atoms with E-state index in [-0.39, 0.29) is 11.9 Å². The first-order valence-corrected chi connectivity index (χ1v) is 10.8. The highest BCUT2D eigenvalue weighted by Crippen LogP contribution is 2.33. The van der Waals surface area contributed by atoms with Gasteiger partial charge in [0, 0.05) is 31.0 Å². The van der Waals surface area contributed by atoms with Crippen LogP contribution in [-0.4, -0.2) is 34.3 Å². The molecule has 1 N–H and O–H groups in total. The number of anilines is 2. The third-order valence-corrected chi connectivity index (χ3v) is 5.58. The van der Waals surface area contributed by atoms with Gasteiger partial charge in [0.2, 0.25) is 0 Å². The maximum absolute atomic E-state index is 13.4. The molecule has 0 unspecified atom stereocenters. The molecule has 1 aliphatic rings. The predicted octanol–water partition coefficient (Wildman–Crippen LogP) is 5.15. The quantitative estimate of drug-likeness (QED) is 0.410. The molecule has 0 bridgehead atoms. The first-order chi connectivity index (χ1) is 15.5. The lowest BCUT2D eigenvalue weighted by Crippen LogP contribution is -2.07. The summed E-state index contributed by atoms with van der Waals surface area (Å²) in [6.45, 7) is 4.60. The molecule has 0 radical (unpaired) electrons. The highest BCUT2D eigenvalue weighted by Gasteiger charge is 2.22. The lowest BCUT2D eigenvalue weighted by molar-refractivity contribution is 0.134. The van der Waals surface area contributed by atoms with Gasteiger partial charge in [0.25, 0.3) is 6.43 Å². The fraction of sp³-hybridized carbons (Fsp3) is 0.409. The minimum atomic E-state index is -2.66. The van der Waals surface area contributed by atoms with Gasteiger partial charge in [-0.3, -0.25) is 4.68 Å². The molecule has 4 aromatic rings. The van der Waals surface area contributed by atoms with E-state index in [0.29, 0.717) is 28.5 Å². The van der Waals surface area contributed by atoms with E-state index in [4.69, 9.17) is 0 Å². The number of halogens is 2. The minimum absolute atomic E-state index is 0.165. The fourth-order valence-corrected chi connectivity index (χ4v) is 3.80. The topological polar surface area (TPSA) is 86.3 Å². The summed E-state index contributed by atoms with van der Waals surface area (Å²) in [6, 6.07) is 3.28. The van der Waals surface area contributed by atoms with E-state index in [1.54, 1.807) is 24.5 Å². The van der Waals surface area contributed by atoms with Crippen LogP contribution in [0.2, 0.25) is 0 Å². The molecule has 166 valence electrons. The minimum Gasteiger partial charge on any atom is -0.325 e.